The molecule has 2 rings (SSSR count). The molecule has 0 radical (unpaired) electrons. The minimum atomic E-state index is -2.56. The van der Waals surface area contributed by atoms with Gasteiger partial charge in [0.2, 0.25) is 0 Å². The van der Waals surface area contributed by atoms with Crippen molar-refractivity contribution >= 4 is 5.69 Å². The van der Waals surface area contributed by atoms with Crippen LogP contribution in [-0.2, 0) is 6.98 Å². The van der Waals surface area contributed by atoms with E-state index in [-0.39, 0.29) is 17.4 Å². The summed E-state index contributed by atoms with van der Waals surface area (Å²) < 4.78 is 37.8. The number of aromatic nitrogens is 3. The lowest BCUT2D eigenvalue weighted by Gasteiger charge is -2.00. The summed E-state index contributed by atoms with van der Waals surface area (Å²) in [6.45, 7) is -2.56. The van der Waals surface area contributed by atoms with Gasteiger partial charge in [0.15, 0.2) is 0 Å². The Bertz CT molecular complexity index is 572. The van der Waals surface area contributed by atoms with Gasteiger partial charge < -0.3 is 5.73 Å². The summed E-state index contributed by atoms with van der Waals surface area (Å²) in [6.07, 6.45) is 0.953. The van der Waals surface area contributed by atoms with Crippen LogP contribution in [0.5, 0.6) is 0 Å². The molecule has 0 aliphatic rings. The summed E-state index contributed by atoms with van der Waals surface area (Å²) >= 11 is 0. The number of nitrogen functional groups attached to an aromatic ring is 1. The van der Waals surface area contributed by atoms with Gasteiger partial charge in [-0.1, -0.05) is 0 Å². The number of hydrogen-bond donors (Lipinski definition) is 1. The Morgan fingerprint density at radius 2 is 2.54 bits per heavy atom. The third-order valence-electron chi connectivity index (χ3n) is 1.57. The van der Waals surface area contributed by atoms with Crippen LogP contribution in [0, 0.1) is 0 Å². The Balaban J connectivity index is 2.66. The van der Waals surface area contributed by atoms with E-state index < -0.39 is 13.1 Å². The lowest BCUT2D eigenvalue weighted by atomic mass is 10.2. The van der Waals surface area contributed by atoms with Crippen LogP contribution in [-0.4, -0.2) is 14.8 Å². The number of nitrogens with zero attached hydrogens (tertiary/aromatic N) is 3. The number of hydrogen-bond acceptors (Lipinski definition) is 3. The molecule has 0 saturated carbocycles. The zero-order chi connectivity index (χ0) is 13.5. The largest absolute Gasteiger partial charge is 0.397 e. The standard InChI is InChI=1S/C9H10N4/c1-13-9(4-5-12-13)8-3-2-7(10)6-11-8/h2-6H,10H2,1H3/i1D3,4D,5D. The molecule has 13 heavy (non-hydrogen) atoms. The molecule has 66 valence electrons. The third kappa shape index (κ3) is 1.38. The van der Waals surface area contributed by atoms with Crippen molar-refractivity contribution in [3.63, 3.8) is 0 Å². The van der Waals surface area contributed by atoms with Crippen molar-refractivity contribution in [3.05, 3.63) is 30.5 Å². The second-order valence-electron chi connectivity index (χ2n) is 2.47. The molecular weight excluding hydrogens is 164 g/mol. The van der Waals surface area contributed by atoms with Gasteiger partial charge in [-0.3, -0.25) is 9.67 Å². The first-order chi connectivity index (χ1) is 8.30. The van der Waals surface area contributed by atoms with Gasteiger partial charge >= 0.3 is 0 Å². The normalized spacial score (nSPS) is 16.8. The second-order valence-corrected chi connectivity index (χ2v) is 2.47. The van der Waals surface area contributed by atoms with E-state index in [1.54, 1.807) is 6.07 Å². The fraction of sp³-hybridized carbons (Fsp3) is 0.111. The van der Waals surface area contributed by atoms with Crippen LogP contribution in [0.15, 0.2) is 30.5 Å². The SMILES string of the molecule is [2H]c1nn(C([2H])([2H])[2H])c(-c2ccc(N)cn2)c1[2H]. The van der Waals surface area contributed by atoms with Crippen LogP contribution in [0.2, 0.25) is 0 Å². The van der Waals surface area contributed by atoms with E-state index in [9.17, 15) is 0 Å². The molecule has 2 aromatic heterocycles. The summed E-state index contributed by atoms with van der Waals surface area (Å²) in [4.78, 5) is 3.96. The predicted octanol–water partition coefficient (Wildman–Crippen LogP) is 1.06. The van der Waals surface area contributed by atoms with Crippen molar-refractivity contribution < 1.29 is 6.85 Å². The molecule has 4 nitrogen and oxygen atoms in total. The minimum Gasteiger partial charge on any atom is -0.397 e. The quantitative estimate of drug-likeness (QED) is 0.712. The zero-order valence-corrected chi connectivity index (χ0v) is 6.65. The van der Waals surface area contributed by atoms with E-state index >= 15 is 0 Å². The molecule has 0 aromatic carbocycles. The summed E-state index contributed by atoms with van der Waals surface area (Å²) in [6, 6.07) is 2.76. The number of nitrogens with two attached hydrogens (primary N) is 1. The predicted molar refractivity (Wildman–Crippen MR) is 50.9 cm³/mol. The van der Waals surface area contributed by atoms with E-state index in [4.69, 9.17) is 12.6 Å². The number of rotatable bonds is 1. The van der Waals surface area contributed by atoms with Gasteiger partial charge in [-0.25, -0.2) is 0 Å². The van der Waals surface area contributed by atoms with Crippen LogP contribution in [0.1, 0.15) is 6.85 Å². The monoisotopic (exact) mass is 179 g/mol. The molecule has 0 spiro atoms. The van der Waals surface area contributed by atoms with E-state index in [1.165, 1.54) is 12.3 Å². The van der Waals surface area contributed by atoms with Gasteiger partial charge in [-0.15, -0.1) is 0 Å². The second kappa shape index (κ2) is 2.90. The van der Waals surface area contributed by atoms with Crippen molar-refractivity contribution in [2.24, 2.45) is 6.98 Å². The van der Waals surface area contributed by atoms with E-state index in [0.29, 0.717) is 10.4 Å². The Hall–Kier alpha value is -1.84. The fourth-order valence-electron chi connectivity index (χ4n) is 0.949. The first kappa shape index (κ1) is 3.91. The summed E-state index contributed by atoms with van der Waals surface area (Å²) in [5.74, 6) is 0. The Kier molecular flexibility index (Phi) is 0.871. The molecule has 0 bridgehead atoms. The lowest BCUT2D eigenvalue weighted by Crippen LogP contribution is -1.95. The summed E-state index contributed by atoms with van der Waals surface area (Å²) in [7, 11) is 0. The van der Waals surface area contributed by atoms with Gasteiger partial charge in [-0.2, -0.15) is 5.10 Å². The third-order valence-corrected chi connectivity index (χ3v) is 1.57. The van der Waals surface area contributed by atoms with E-state index in [1.807, 2.05) is 0 Å². The first-order valence-corrected chi connectivity index (χ1v) is 3.59. The average Bonchev–Trinajstić information content (AvgIpc) is 2.57. The molecule has 0 saturated heterocycles. The first-order valence-electron chi connectivity index (χ1n) is 6.09. The van der Waals surface area contributed by atoms with Crippen molar-refractivity contribution in [2.45, 2.75) is 0 Å². The number of pyridine rings is 1. The van der Waals surface area contributed by atoms with Gasteiger partial charge in [0.1, 0.15) is 0 Å². The molecule has 2 aromatic rings. The number of aryl methyl sites for hydroxylation is 1. The highest BCUT2D eigenvalue weighted by atomic mass is 15.3. The maximum absolute atomic E-state index is 7.70. The molecule has 0 amide bonds. The molecule has 2 heterocycles. The lowest BCUT2D eigenvalue weighted by molar-refractivity contribution is 0.773. The fourth-order valence-corrected chi connectivity index (χ4v) is 0.949. The van der Waals surface area contributed by atoms with Gasteiger partial charge in [0.05, 0.1) is 26.0 Å². The minimum absolute atomic E-state index is 0.0139. The van der Waals surface area contributed by atoms with Gasteiger partial charge in [0.25, 0.3) is 0 Å². The highest BCUT2D eigenvalue weighted by Crippen LogP contribution is 2.15. The average molecular weight is 179 g/mol. The molecule has 0 unspecified atom stereocenters. The molecule has 0 aliphatic heterocycles. The molecule has 2 N–H and O–H groups in total. The van der Waals surface area contributed by atoms with Crippen LogP contribution in [0.25, 0.3) is 11.4 Å². The van der Waals surface area contributed by atoms with Crippen molar-refractivity contribution in [3.8, 4) is 11.4 Å². The zero-order valence-electron chi connectivity index (χ0n) is 11.7. The Labute approximate surface area is 83.0 Å². The van der Waals surface area contributed by atoms with Crippen molar-refractivity contribution in [1.82, 2.24) is 14.8 Å². The van der Waals surface area contributed by atoms with Gasteiger partial charge in [-0.05, 0) is 18.2 Å². The molecule has 0 aliphatic carbocycles. The summed E-state index contributed by atoms with van der Waals surface area (Å²) in [5, 5.41) is 3.54. The van der Waals surface area contributed by atoms with E-state index in [0.717, 1.165) is 0 Å². The van der Waals surface area contributed by atoms with E-state index in [2.05, 4.69) is 10.1 Å². The van der Waals surface area contributed by atoms with Crippen LogP contribution in [0.3, 0.4) is 0 Å². The topological polar surface area (TPSA) is 56.7 Å². The molecule has 0 atom stereocenters. The Morgan fingerprint density at radius 3 is 3.23 bits per heavy atom. The maximum atomic E-state index is 7.70. The summed E-state index contributed by atoms with van der Waals surface area (Å²) in [5.41, 5.74) is 6.15. The highest BCUT2D eigenvalue weighted by Gasteiger charge is 2.02. The van der Waals surface area contributed by atoms with Gasteiger partial charge in [0, 0.05) is 17.3 Å². The smallest absolute Gasteiger partial charge is 0.0884 e. The van der Waals surface area contributed by atoms with Crippen LogP contribution in [0.4, 0.5) is 5.69 Å². The van der Waals surface area contributed by atoms with Crippen molar-refractivity contribution in [1.29, 1.82) is 0 Å². The Morgan fingerprint density at radius 1 is 1.62 bits per heavy atom. The van der Waals surface area contributed by atoms with Crippen molar-refractivity contribution in [2.75, 3.05) is 5.73 Å². The highest BCUT2D eigenvalue weighted by molar-refractivity contribution is 5.56. The van der Waals surface area contributed by atoms with Crippen LogP contribution >= 0.6 is 0 Å². The molecular formula is C9H10N4. The molecule has 0 fully saturated rings. The maximum Gasteiger partial charge on any atom is 0.0884 e. The number of anilines is 1. The molecule has 4 heteroatoms. The van der Waals surface area contributed by atoms with Crippen LogP contribution < -0.4 is 5.73 Å².